The van der Waals surface area contributed by atoms with Crippen LogP contribution in [0, 0.1) is 11.3 Å². The van der Waals surface area contributed by atoms with Gasteiger partial charge in [0.15, 0.2) is 5.65 Å². The summed E-state index contributed by atoms with van der Waals surface area (Å²) in [6, 6.07) is 0. The van der Waals surface area contributed by atoms with E-state index >= 15 is 0 Å². The molecule has 1 spiro atoms. The van der Waals surface area contributed by atoms with Crippen molar-refractivity contribution in [1.82, 2.24) is 25.1 Å². The number of aromatic nitrogens is 4. The zero-order valence-corrected chi connectivity index (χ0v) is 14.9. The number of nitrogens with zero attached hydrogens (tertiary/aromatic N) is 5. The molecular formula is C18H25N7O. The largest absolute Gasteiger partial charge is 0.368 e. The van der Waals surface area contributed by atoms with Gasteiger partial charge in [0, 0.05) is 26.2 Å². The summed E-state index contributed by atoms with van der Waals surface area (Å²) < 4.78 is 0. The van der Waals surface area contributed by atoms with Crippen LogP contribution in [0.15, 0.2) is 6.20 Å². The van der Waals surface area contributed by atoms with Gasteiger partial charge in [0.2, 0.25) is 11.9 Å². The fourth-order valence-corrected chi connectivity index (χ4v) is 4.82. The molecule has 138 valence electrons. The van der Waals surface area contributed by atoms with Crippen molar-refractivity contribution in [3.8, 4) is 0 Å². The van der Waals surface area contributed by atoms with Crippen LogP contribution in [0.2, 0.25) is 0 Å². The lowest BCUT2D eigenvalue weighted by Gasteiger charge is -2.42. The molecule has 2 saturated heterocycles. The van der Waals surface area contributed by atoms with Gasteiger partial charge in [0.1, 0.15) is 5.82 Å². The highest BCUT2D eigenvalue weighted by molar-refractivity contribution is 5.89. The highest BCUT2D eigenvalue weighted by Crippen LogP contribution is 2.43. The van der Waals surface area contributed by atoms with E-state index in [2.05, 4.69) is 30.0 Å². The number of carbonyl (C=O) groups is 1. The molecule has 2 aromatic rings. The Morgan fingerprint density at radius 1 is 1.23 bits per heavy atom. The fourth-order valence-electron chi connectivity index (χ4n) is 4.82. The Labute approximate surface area is 152 Å². The van der Waals surface area contributed by atoms with Crippen molar-refractivity contribution in [2.45, 2.75) is 38.5 Å². The first-order valence-electron chi connectivity index (χ1n) is 9.66. The summed E-state index contributed by atoms with van der Waals surface area (Å²) in [5.41, 5.74) is 6.26. The van der Waals surface area contributed by atoms with Gasteiger partial charge in [-0.15, -0.1) is 0 Å². The van der Waals surface area contributed by atoms with Crippen LogP contribution < -0.4 is 10.6 Å². The molecule has 3 aliphatic rings. The van der Waals surface area contributed by atoms with Crippen LogP contribution in [-0.4, -0.2) is 57.2 Å². The van der Waals surface area contributed by atoms with Crippen LogP contribution in [-0.2, 0) is 4.79 Å². The third-order valence-electron chi connectivity index (χ3n) is 6.49. The topological polar surface area (TPSA) is 104 Å². The number of amides is 1. The van der Waals surface area contributed by atoms with Gasteiger partial charge in [-0.3, -0.25) is 9.89 Å². The summed E-state index contributed by atoms with van der Waals surface area (Å²) in [6.07, 6.45) is 8.57. The number of likely N-dealkylation sites (tertiary alicyclic amines) is 1. The molecule has 1 atom stereocenters. The Balaban J connectivity index is 1.40. The number of hydrogen-bond donors (Lipinski definition) is 2. The summed E-state index contributed by atoms with van der Waals surface area (Å²) in [7, 11) is 0. The molecule has 26 heavy (non-hydrogen) atoms. The lowest BCUT2D eigenvalue weighted by Crippen LogP contribution is -2.51. The lowest BCUT2D eigenvalue weighted by molar-refractivity contribution is -0.146. The molecule has 2 aromatic heterocycles. The first kappa shape index (κ1) is 15.8. The van der Waals surface area contributed by atoms with Gasteiger partial charge in [0.25, 0.3) is 0 Å². The summed E-state index contributed by atoms with van der Waals surface area (Å²) in [6.45, 7) is 3.40. The van der Waals surface area contributed by atoms with Gasteiger partial charge in [-0.25, -0.2) is 0 Å². The predicted octanol–water partition coefficient (Wildman–Crippen LogP) is 1.55. The van der Waals surface area contributed by atoms with Crippen molar-refractivity contribution in [2.75, 3.05) is 36.8 Å². The maximum Gasteiger partial charge on any atom is 0.230 e. The van der Waals surface area contributed by atoms with Crippen LogP contribution in [0.4, 0.5) is 11.8 Å². The van der Waals surface area contributed by atoms with E-state index in [1.807, 2.05) is 0 Å². The second-order valence-electron chi connectivity index (χ2n) is 8.14. The lowest BCUT2D eigenvalue weighted by atomic mass is 9.77. The molecule has 4 heterocycles. The Morgan fingerprint density at radius 2 is 2.12 bits per heavy atom. The highest BCUT2D eigenvalue weighted by atomic mass is 16.2. The number of rotatable bonds is 3. The number of piperidine rings is 1. The van der Waals surface area contributed by atoms with E-state index in [4.69, 9.17) is 5.73 Å². The molecule has 8 nitrogen and oxygen atoms in total. The van der Waals surface area contributed by atoms with Crippen molar-refractivity contribution in [2.24, 2.45) is 11.3 Å². The van der Waals surface area contributed by atoms with Crippen molar-refractivity contribution in [1.29, 1.82) is 0 Å². The summed E-state index contributed by atoms with van der Waals surface area (Å²) >= 11 is 0. The zero-order valence-electron chi connectivity index (χ0n) is 14.9. The molecule has 1 amide bonds. The average molecular weight is 355 g/mol. The number of nitrogens with two attached hydrogens (primary N) is 1. The van der Waals surface area contributed by atoms with E-state index in [1.54, 1.807) is 6.20 Å². The van der Waals surface area contributed by atoms with Gasteiger partial charge in [-0.05, 0) is 38.0 Å². The minimum Gasteiger partial charge on any atom is -0.368 e. The third-order valence-corrected chi connectivity index (χ3v) is 6.49. The SMILES string of the molecule is Nc1nc(N2CCC3(CCCN(CC4CCC4)C3=O)C2)c2cn[nH]c2n1. The first-order chi connectivity index (χ1) is 12.6. The number of fused-ring (bicyclic) bond motifs is 1. The number of hydrogen-bond acceptors (Lipinski definition) is 6. The number of nitrogen functional groups attached to an aromatic ring is 1. The Hall–Kier alpha value is -2.38. The molecule has 1 saturated carbocycles. The molecule has 1 unspecified atom stereocenters. The molecule has 8 heteroatoms. The van der Waals surface area contributed by atoms with Gasteiger partial charge < -0.3 is 15.5 Å². The van der Waals surface area contributed by atoms with E-state index in [0.29, 0.717) is 18.1 Å². The molecule has 5 rings (SSSR count). The van der Waals surface area contributed by atoms with Gasteiger partial charge in [-0.2, -0.15) is 15.1 Å². The van der Waals surface area contributed by atoms with Crippen LogP contribution in [0.5, 0.6) is 0 Å². The van der Waals surface area contributed by atoms with E-state index in [0.717, 1.165) is 56.0 Å². The summed E-state index contributed by atoms with van der Waals surface area (Å²) in [5, 5.41) is 7.80. The molecule has 3 fully saturated rings. The molecule has 1 aliphatic carbocycles. The van der Waals surface area contributed by atoms with Gasteiger partial charge in [-0.1, -0.05) is 6.42 Å². The maximum atomic E-state index is 13.3. The number of H-pyrrole nitrogens is 1. The number of carbonyl (C=O) groups excluding carboxylic acids is 1. The molecule has 0 aromatic carbocycles. The second-order valence-corrected chi connectivity index (χ2v) is 8.14. The molecule has 0 radical (unpaired) electrons. The Bertz CT molecular complexity index is 845. The van der Waals surface area contributed by atoms with Crippen molar-refractivity contribution >= 4 is 28.7 Å². The number of anilines is 2. The van der Waals surface area contributed by atoms with Crippen molar-refractivity contribution in [3.63, 3.8) is 0 Å². The number of nitrogens with one attached hydrogen (secondary N) is 1. The minimum absolute atomic E-state index is 0.235. The van der Waals surface area contributed by atoms with Crippen LogP contribution in [0.1, 0.15) is 38.5 Å². The van der Waals surface area contributed by atoms with E-state index in [9.17, 15) is 4.79 Å². The Morgan fingerprint density at radius 3 is 2.92 bits per heavy atom. The zero-order chi connectivity index (χ0) is 17.7. The maximum absolute atomic E-state index is 13.3. The predicted molar refractivity (Wildman–Crippen MR) is 98.5 cm³/mol. The fraction of sp³-hybridized carbons (Fsp3) is 0.667. The normalized spacial score (nSPS) is 26.8. The summed E-state index contributed by atoms with van der Waals surface area (Å²) in [5.74, 6) is 2.10. The average Bonchev–Trinajstić information content (AvgIpc) is 3.21. The standard InChI is InChI=1S/C18H25N7O/c19-17-21-14-13(9-20-23-14)15(22-17)25-8-6-18(11-25)5-2-7-24(16(18)26)10-12-3-1-4-12/h9,12H,1-8,10-11H2,(H3,19,20,21,22,23). The molecule has 3 N–H and O–H groups in total. The molecule has 0 bridgehead atoms. The first-order valence-corrected chi connectivity index (χ1v) is 9.66. The smallest absolute Gasteiger partial charge is 0.230 e. The van der Waals surface area contributed by atoms with E-state index in [1.165, 1.54) is 19.3 Å². The third kappa shape index (κ3) is 2.42. The monoisotopic (exact) mass is 355 g/mol. The highest BCUT2D eigenvalue weighted by Gasteiger charge is 2.49. The van der Waals surface area contributed by atoms with Crippen LogP contribution in [0.25, 0.3) is 11.0 Å². The summed E-state index contributed by atoms with van der Waals surface area (Å²) in [4.78, 5) is 26.3. The quantitative estimate of drug-likeness (QED) is 0.866. The van der Waals surface area contributed by atoms with Crippen LogP contribution >= 0.6 is 0 Å². The van der Waals surface area contributed by atoms with Crippen LogP contribution in [0.3, 0.4) is 0 Å². The van der Waals surface area contributed by atoms with E-state index in [-0.39, 0.29) is 11.4 Å². The van der Waals surface area contributed by atoms with E-state index < -0.39 is 0 Å². The molecular weight excluding hydrogens is 330 g/mol. The Kier molecular flexibility index (Phi) is 3.55. The van der Waals surface area contributed by atoms with Crippen molar-refractivity contribution in [3.05, 3.63) is 6.20 Å². The number of aromatic amines is 1. The van der Waals surface area contributed by atoms with Gasteiger partial charge in [0.05, 0.1) is 17.0 Å². The van der Waals surface area contributed by atoms with Crippen molar-refractivity contribution < 1.29 is 4.79 Å². The van der Waals surface area contributed by atoms with Gasteiger partial charge >= 0.3 is 0 Å². The molecule has 2 aliphatic heterocycles. The second kappa shape index (κ2) is 5.82. The minimum atomic E-state index is -0.266.